The van der Waals surface area contributed by atoms with Gasteiger partial charge in [-0.1, -0.05) is 6.07 Å². The normalized spacial score (nSPS) is 19.2. The van der Waals surface area contributed by atoms with E-state index >= 15 is 0 Å². The average Bonchev–Trinajstić information content (AvgIpc) is 2.67. The summed E-state index contributed by atoms with van der Waals surface area (Å²) >= 11 is 0. The smallest absolute Gasteiger partial charge is 0.336 e. The Labute approximate surface area is 164 Å². The Balaban J connectivity index is 2.07. The van der Waals surface area contributed by atoms with Crippen molar-refractivity contribution in [1.82, 2.24) is 5.32 Å². The summed E-state index contributed by atoms with van der Waals surface area (Å²) in [6.07, 6.45) is 1.94. The molecule has 0 amide bonds. The predicted octanol–water partition coefficient (Wildman–Crippen LogP) is 2.56. The number of Topliss-reactive ketones (excluding diaryl/α,β-unsaturated/α-hetero) is 1. The summed E-state index contributed by atoms with van der Waals surface area (Å²) in [4.78, 5) is 25.6. The quantitative estimate of drug-likeness (QED) is 0.572. The van der Waals surface area contributed by atoms with E-state index in [0.29, 0.717) is 34.6 Å². The highest BCUT2D eigenvalue weighted by molar-refractivity contribution is 6.03. The van der Waals surface area contributed by atoms with E-state index in [2.05, 4.69) is 5.32 Å². The van der Waals surface area contributed by atoms with Gasteiger partial charge in [-0.2, -0.15) is 0 Å². The minimum atomic E-state index is -0.601. The van der Waals surface area contributed by atoms with Gasteiger partial charge in [0.25, 0.3) is 0 Å². The number of carbonyl (C=O) groups excluding carboxylic acids is 2. The molecule has 7 nitrogen and oxygen atoms in total. The molecule has 0 aromatic heterocycles. The van der Waals surface area contributed by atoms with Gasteiger partial charge in [0.05, 0.1) is 19.3 Å². The summed E-state index contributed by atoms with van der Waals surface area (Å²) in [5, 5.41) is 13.5. The van der Waals surface area contributed by atoms with Crippen molar-refractivity contribution in [3.8, 4) is 11.5 Å². The largest absolute Gasteiger partial charge is 0.504 e. The Morgan fingerprint density at radius 3 is 2.71 bits per heavy atom. The van der Waals surface area contributed by atoms with Gasteiger partial charge in [0, 0.05) is 36.4 Å². The second-order valence-electron chi connectivity index (χ2n) is 6.83. The van der Waals surface area contributed by atoms with E-state index in [4.69, 9.17) is 14.2 Å². The van der Waals surface area contributed by atoms with E-state index in [0.717, 1.165) is 18.5 Å². The number of dihydropyridines is 1. The van der Waals surface area contributed by atoms with Crippen LogP contribution in [0.1, 0.15) is 37.7 Å². The molecule has 1 atom stereocenters. The van der Waals surface area contributed by atoms with Gasteiger partial charge in [0.1, 0.15) is 6.61 Å². The highest BCUT2D eigenvalue weighted by Crippen LogP contribution is 2.44. The fourth-order valence-electron chi connectivity index (χ4n) is 3.77. The Morgan fingerprint density at radius 1 is 1.25 bits per heavy atom. The van der Waals surface area contributed by atoms with Gasteiger partial charge in [-0.05, 0) is 37.5 Å². The number of ether oxygens (including phenoxy) is 3. The molecule has 0 saturated heterocycles. The van der Waals surface area contributed by atoms with E-state index in [1.165, 1.54) is 20.3 Å². The van der Waals surface area contributed by atoms with Crippen molar-refractivity contribution in [3.05, 3.63) is 46.3 Å². The fourth-order valence-corrected chi connectivity index (χ4v) is 3.77. The van der Waals surface area contributed by atoms with Crippen LogP contribution in [0.15, 0.2) is 40.7 Å². The molecule has 0 saturated carbocycles. The lowest BCUT2D eigenvalue weighted by atomic mass is 9.75. The second-order valence-corrected chi connectivity index (χ2v) is 6.83. The minimum Gasteiger partial charge on any atom is -0.504 e. The monoisotopic (exact) mass is 387 g/mol. The molecule has 2 aliphatic rings. The van der Waals surface area contributed by atoms with Gasteiger partial charge in [-0.3, -0.25) is 4.79 Å². The summed E-state index contributed by atoms with van der Waals surface area (Å²) in [6, 6.07) is 4.93. The Kier molecular flexibility index (Phi) is 6.04. The number of ketones is 1. The molecule has 1 aromatic rings. The summed E-state index contributed by atoms with van der Waals surface area (Å²) in [5.74, 6) is -0.826. The lowest BCUT2D eigenvalue weighted by molar-refractivity contribution is -0.140. The molecule has 0 fully saturated rings. The third-order valence-electron chi connectivity index (χ3n) is 5.05. The van der Waals surface area contributed by atoms with Crippen LogP contribution in [0.4, 0.5) is 0 Å². The SMILES string of the molecule is COCCOC(=O)C1=C(C)NC2=C(C(=O)CCC2)C1c1ccc(OC)c(O)c1. The van der Waals surface area contributed by atoms with Crippen LogP contribution in [-0.2, 0) is 19.1 Å². The standard InChI is InChI=1S/C21H25NO6/c1-12-18(21(25)28-10-9-26-2)19(13-7-8-17(27-3)16(24)11-13)20-14(22-12)5-4-6-15(20)23/h7-8,11,19,22,24H,4-6,9-10H2,1-3H3. The third kappa shape index (κ3) is 3.75. The topological polar surface area (TPSA) is 94.1 Å². The number of carbonyl (C=O) groups is 2. The molecule has 1 heterocycles. The number of rotatable bonds is 6. The molecule has 2 N–H and O–H groups in total. The highest BCUT2D eigenvalue weighted by atomic mass is 16.6. The fraction of sp³-hybridized carbons (Fsp3) is 0.429. The van der Waals surface area contributed by atoms with Gasteiger partial charge in [-0.25, -0.2) is 4.79 Å². The number of hydrogen-bond acceptors (Lipinski definition) is 7. The first-order valence-corrected chi connectivity index (χ1v) is 9.25. The van der Waals surface area contributed by atoms with E-state index in [9.17, 15) is 14.7 Å². The number of hydrogen-bond donors (Lipinski definition) is 2. The number of methoxy groups -OCH3 is 2. The maximum Gasteiger partial charge on any atom is 0.336 e. The van der Waals surface area contributed by atoms with Gasteiger partial charge in [0.2, 0.25) is 0 Å². The number of nitrogens with one attached hydrogen (secondary N) is 1. The number of esters is 1. The number of benzene rings is 1. The van der Waals surface area contributed by atoms with E-state index < -0.39 is 11.9 Å². The molecule has 7 heteroatoms. The Morgan fingerprint density at radius 2 is 2.04 bits per heavy atom. The Hall–Kier alpha value is -2.80. The zero-order chi connectivity index (χ0) is 20.3. The van der Waals surface area contributed by atoms with Crippen molar-refractivity contribution in [3.63, 3.8) is 0 Å². The molecule has 0 spiro atoms. The summed E-state index contributed by atoms with van der Waals surface area (Å²) in [6.45, 7) is 2.20. The molecule has 1 aliphatic heterocycles. The predicted molar refractivity (Wildman–Crippen MR) is 102 cm³/mol. The molecule has 150 valence electrons. The maximum absolute atomic E-state index is 12.9. The first-order valence-electron chi connectivity index (χ1n) is 9.25. The van der Waals surface area contributed by atoms with Gasteiger partial charge >= 0.3 is 5.97 Å². The zero-order valence-corrected chi connectivity index (χ0v) is 16.3. The first kappa shape index (κ1) is 19.9. The van der Waals surface area contributed by atoms with E-state index in [1.54, 1.807) is 19.1 Å². The maximum atomic E-state index is 12.9. The van der Waals surface area contributed by atoms with Crippen LogP contribution in [0.25, 0.3) is 0 Å². The molecule has 28 heavy (non-hydrogen) atoms. The number of phenols is 1. The van der Waals surface area contributed by atoms with Crippen molar-refractivity contribution in [2.45, 2.75) is 32.1 Å². The van der Waals surface area contributed by atoms with Crippen molar-refractivity contribution in [1.29, 1.82) is 0 Å². The lowest BCUT2D eigenvalue weighted by Crippen LogP contribution is -2.34. The number of aromatic hydroxyl groups is 1. The third-order valence-corrected chi connectivity index (χ3v) is 5.05. The molecular weight excluding hydrogens is 362 g/mol. The molecule has 0 bridgehead atoms. The first-order chi connectivity index (χ1) is 13.5. The summed E-state index contributed by atoms with van der Waals surface area (Å²) in [7, 11) is 2.99. The van der Waals surface area contributed by atoms with Crippen molar-refractivity contribution >= 4 is 11.8 Å². The van der Waals surface area contributed by atoms with Crippen LogP contribution in [-0.4, -0.2) is 44.3 Å². The van der Waals surface area contributed by atoms with Crippen LogP contribution < -0.4 is 10.1 Å². The van der Waals surface area contributed by atoms with Crippen LogP contribution in [0.2, 0.25) is 0 Å². The zero-order valence-electron chi connectivity index (χ0n) is 16.3. The highest BCUT2D eigenvalue weighted by Gasteiger charge is 2.39. The van der Waals surface area contributed by atoms with E-state index in [1.807, 2.05) is 0 Å². The minimum absolute atomic E-state index is 0.00347. The summed E-state index contributed by atoms with van der Waals surface area (Å²) in [5.41, 5.74) is 3.06. The van der Waals surface area contributed by atoms with Gasteiger partial charge in [0.15, 0.2) is 17.3 Å². The van der Waals surface area contributed by atoms with Crippen LogP contribution in [0.5, 0.6) is 11.5 Å². The summed E-state index contributed by atoms with van der Waals surface area (Å²) < 4.78 is 15.4. The molecule has 1 aromatic carbocycles. The van der Waals surface area contributed by atoms with Crippen LogP contribution in [0, 0.1) is 0 Å². The van der Waals surface area contributed by atoms with Crippen molar-refractivity contribution in [2.75, 3.05) is 27.4 Å². The van der Waals surface area contributed by atoms with Crippen molar-refractivity contribution < 1.29 is 28.9 Å². The molecular formula is C21H25NO6. The van der Waals surface area contributed by atoms with Crippen molar-refractivity contribution in [2.24, 2.45) is 0 Å². The number of phenolic OH excluding ortho intramolecular Hbond substituents is 1. The van der Waals surface area contributed by atoms with Crippen LogP contribution in [0.3, 0.4) is 0 Å². The molecule has 0 radical (unpaired) electrons. The van der Waals surface area contributed by atoms with Crippen LogP contribution >= 0.6 is 0 Å². The Bertz CT molecular complexity index is 854. The van der Waals surface area contributed by atoms with Gasteiger partial charge < -0.3 is 24.6 Å². The number of allylic oxidation sites excluding steroid dienone is 3. The lowest BCUT2D eigenvalue weighted by Gasteiger charge is -2.34. The second kappa shape index (κ2) is 8.48. The van der Waals surface area contributed by atoms with Gasteiger partial charge in [-0.15, -0.1) is 0 Å². The van der Waals surface area contributed by atoms with E-state index in [-0.39, 0.29) is 24.7 Å². The molecule has 1 unspecified atom stereocenters. The molecule has 1 aliphatic carbocycles. The molecule has 3 rings (SSSR count). The average molecular weight is 387 g/mol.